The van der Waals surface area contributed by atoms with Gasteiger partial charge in [0, 0.05) is 30.2 Å². The van der Waals surface area contributed by atoms with Crippen molar-refractivity contribution in [1.82, 2.24) is 19.7 Å². The van der Waals surface area contributed by atoms with Crippen LogP contribution in [0.25, 0.3) is 0 Å². The van der Waals surface area contributed by atoms with Gasteiger partial charge in [-0.1, -0.05) is 13.8 Å². The van der Waals surface area contributed by atoms with E-state index < -0.39 is 0 Å². The zero-order chi connectivity index (χ0) is 12.3. The summed E-state index contributed by atoms with van der Waals surface area (Å²) in [5.74, 6) is 1.52. The Hall–Kier alpha value is -1.78. The maximum atomic E-state index is 4.32. The molecular formula is C12H19N5. The molecule has 0 amide bonds. The number of nitrogens with zero attached hydrogens (tertiary/aromatic N) is 3. The lowest BCUT2D eigenvalue weighted by molar-refractivity contribution is 0.676. The van der Waals surface area contributed by atoms with Crippen LogP contribution in [0.1, 0.15) is 25.1 Å². The summed E-state index contributed by atoms with van der Waals surface area (Å²) >= 11 is 0. The predicted octanol–water partition coefficient (Wildman–Crippen LogP) is 2.03. The fourth-order valence-electron chi connectivity index (χ4n) is 1.62. The van der Waals surface area contributed by atoms with Crippen molar-refractivity contribution in [2.75, 3.05) is 11.9 Å². The molecule has 0 fully saturated rings. The molecule has 0 aromatic carbocycles. The molecular weight excluding hydrogens is 214 g/mol. The SMILES string of the molecule is Cc1[nH]ncc1Cn1ccnc1NCC(C)C. The number of aromatic nitrogens is 4. The smallest absolute Gasteiger partial charge is 0.203 e. The molecule has 0 aliphatic carbocycles. The number of aromatic amines is 1. The van der Waals surface area contributed by atoms with Gasteiger partial charge >= 0.3 is 0 Å². The maximum Gasteiger partial charge on any atom is 0.203 e. The Morgan fingerprint density at radius 3 is 2.94 bits per heavy atom. The van der Waals surface area contributed by atoms with E-state index in [1.54, 1.807) is 0 Å². The summed E-state index contributed by atoms with van der Waals surface area (Å²) in [6.07, 6.45) is 5.66. The van der Waals surface area contributed by atoms with Crippen LogP contribution in [0, 0.1) is 12.8 Å². The van der Waals surface area contributed by atoms with Crippen molar-refractivity contribution >= 4 is 5.95 Å². The van der Waals surface area contributed by atoms with Crippen LogP contribution < -0.4 is 5.32 Å². The van der Waals surface area contributed by atoms with Crippen molar-refractivity contribution in [2.45, 2.75) is 27.3 Å². The fraction of sp³-hybridized carbons (Fsp3) is 0.500. The number of hydrogen-bond acceptors (Lipinski definition) is 3. The zero-order valence-corrected chi connectivity index (χ0v) is 10.6. The lowest BCUT2D eigenvalue weighted by Gasteiger charge is -2.11. The molecule has 0 atom stereocenters. The van der Waals surface area contributed by atoms with Crippen LogP contribution in [0.3, 0.4) is 0 Å². The van der Waals surface area contributed by atoms with Gasteiger partial charge in [-0.05, 0) is 12.8 Å². The second-order valence-corrected chi connectivity index (χ2v) is 4.67. The van der Waals surface area contributed by atoms with Gasteiger partial charge in [0.1, 0.15) is 0 Å². The molecule has 0 aliphatic rings. The van der Waals surface area contributed by atoms with E-state index in [9.17, 15) is 0 Å². The monoisotopic (exact) mass is 233 g/mol. The Morgan fingerprint density at radius 1 is 1.47 bits per heavy atom. The Bertz CT molecular complexity index is 469. The van der Waals surface area contributed by atoms with E-state index in [1.165, 1.54) is 5.56 Å². The summed E-state index contributed by atoms with van der Waals surface area (Å²) in [4.78, 5) is 4.32. The van der Waals surface area contributed by atoms with Crippen LogP contribution >= 0.6 is 0 Å². The average molecular weight is 233 g/mol. The summed E-state index contributed by atoms with van der Waals surface area (Å²) in [5, 5.41) is 10.3. The van der Waals surface area contributed by atoms with E-state index in [2.05, 4.69) is 38.9 Å². The van der Waals surface area contributed by atoms with Crippen molar-refractivity contribution in [3.63, 3.8) is 0 Å². The molecule has 2 rings (SSSR count). The van der Waals surface area contributed by atoms with E-state index in [0.29, 0.717) is 5.92 Å². The maximum absolute atomic E-state index is 4.32. The molecule has 5 nitrogen and oxygen atoms in total. The van der Waals surface area contributed by atoms with Crippen LogP contribution in [0.2, 0.25) is 0 Å². The average Bonchev–Trinajstić information content (AvgIpc) is 2.87. The molecule has 2 aromatic heterocycles. The summed E-state index contributed by atoms with van der Waals surface area (Å²) in [6, 6.07) is 0. The molecule has 0 saturated heterocycles. The van der Waals surface area contributed by atoms with Crippen LogP contribution in [0.4, 0.5) is 5.95 Å². The Balaban J connectivity index is 2.06. The lowest BCUT2D eigenvalue weighted by atomic mass is 10.2. The Morgan fingerprint density at radius 2 is 2.29 bits per heavy atom. The number of H-pyrrole nitrogens is 1. The first kappa shape index (κ1) is 11.7. The van der Waals surface area contributed by atoms with Crippen LogP contribution in [-0.2, 0) is 6.54 Å². The van der Waals surface area contributed by atoms with E-state index >= 15 is 0 Å². The molecule has 2 aromatic rings. The van der Waals surface area contributed by atoms with Crippen molar-refractivity contribution in [3.8, 4) is 0 Å². The number of anilines is 1. The van der Waals surface area contributed by atoms with Gasteiger partial charge in [0.05, 0.1) is 12.7 Å². The quantitative estimate of drug-likeness (QED) is 0.830. The minimum Gasteiger partial charge on any atom is -0.355 e. The molecule has 0 radical (unpaired) electrons. The molecule has 0 aliphatic heterocycles. The van der Waals surface area contributed by atoms with Gasteiger partial charge in [0.25, 0.3) is 0 Å². The molecule has 0 spiro atoms. The van der Waals surface area contributed by atoms with Gasteiger partial charge in [-0.3, -0.25) is 5.10 Å². The molecule has 92 valence electrons. The Kier molecular flexibility index (Phi) is 3.46. The van der Waals surface area contributed by atoms with Crippen LogP contribution in [0.15, 0.2) is 18.6 Å². The Labute approximate surface area is 101 Å². The third kappa shape index (κ3) is 2.87. The van der Waals surface area contributed by atoms with Gasteiger partial charge in [0.15, 0.2) is 0 Å². The molecule has 17 heavy (non-hydrogen) atoms. The van der Waals surface area contributed by atoms with Crippen molar-refractivity contribution in [3.05, 3.63) is 29.8 Å². The number of aryl methyl sites for hydroxylation is 1. The molecule has 0 bridgehead atoms. The first-order chi connectivity index (χ1) is 8.16. The van der Waals surface area contributed by atoms with Gasteiger partial charge in [0.2, 0.25) is 5.95 Å². The highest BCUT2D eigenvalue weighted by Gasteiger charge is 2.06. The summed E-state index contributed by atoms with van der Waals surface area (Å²) in [6.45, 7) is 8.12. The normalized spacial score (nSPS) is 11.1. The largest absolute Gasteiger partial charge is 0.355 e. The topological polar surface area (TPSA) is 58.5 Å². The third-order valence-electron chi connectivity index (χ3n) is 2.66. The van der Waals surface area contributed by atoms with Crippen molar-refractivity contribution < 1.29 is 0 Å². The predicted molar refractivity (Wildman–Crippen MR) is 68.0 cm³/mol. The van der Waals surface area contributed by atoms with Gasteiger partial charge in [-0.15, -0.1) is 0 Å². The highest BCUT2D eigenvalue weighted by molar-refractivity contribution is 5.28. The highest BCUT2D eigenvalue weighted by atomic mass is 15.2. The molecule has 0 saturated carbocycles. The minimum absolute atomic E-state index is 0.607. The third-order valence-corrected chi connectivity index (χ3v) is 2.66. The van der Waals surface area contributed by atoms with Gasteiger partial charge in [-0.2, -0.15) is 5.10 Å². The van der Waals surface area contributed by atoms with Gasteiger partial charge in [-0.25, -0.2) is 4.98 Å². The number of imidazole rings is 1. The number of rotatable bonds is 5. The highest BCUT2D eigenvalue weighted by Crippen LogP contribution is 2.11. The molecule has 0 unspecified atom stereocenters. The van der Waals surface area contributed by atoms with Gasteiger partial charge < -0.3 is 9.88 Å². The molecule has 5 heteroatoms. The standard InChI is InChI=1S/C12H19N5/c1-9(2)6-14-12-13-4-5-17(12)8-11-7-15-16-10(11)3/h4-5,7,9H,6,8H2,1-3H3,(H,13,14)(H,15,16). The molecule has 2 heterocycles. The minimum atomic E-state index is 0.607. The summed E-state index contributed by atoms with van der Waals surface area (Å²) in [7, 11) is 0. The van der Waals surface area contributed by atoms with E-state index in [0.717, 1.165) is 24.7 Å². The number of nitrogens with one attached hydrogen (secondary N) is 2. The summed E-state index contributed by atoms with van der Waals surface area (Å²) in [5.41, 5.74) is 2.30. The van der Waals surface area contributed by atoms with Crippen molar-refractivity contribution in [1.29, 1.82) is 0 Å². The van der Waals surface area contributed by atoms with E-state index in [1.807, 2.05) is 25.5 Å². The summed E-state index contributed by atoms with van der Waals surface area (Å²) < 4.78 is 2.10. The number of hydrogen-bond donors (Lipinski definition) is 2. The van der Waals surface area contributed by atoms with Crippen molar-refractivity contribution in [2.24, 2.45) is 5.92 Å². The first-order valence-corrected chi connectivity index (χ1v) is 5.90. The van der Waals surface area contributed by atoms with E-state index in [-0.39, 0.29) is 0 Å². The van der Waals surface area contributed by atoms with E-state index in [4.69, 9.17) is 0 Å². The second-order valence-electron chi connectivity index (χ2n) is 4.67. The van der Waals surface area contributed by atoms with Crippen LogP contribution in [0.5, 0.6) is 0 Å². The zero-order valence-electron chi connectivity index (χ0n) is 10.6. The first-order valence-electron chi connectivity index (χ1n) is 5.90. The second kappa shape index (κ2) is 5.03. The fourth-order valence-corrected chi connectivity index (χ4v) is 1.62. The lowest BCUT2D eigenvalue weighted by Crippen LogP contribution is -2.13. The van der Waals surface area contributed by atoms with Crippen LogP contribution in [-0.4, -0.2) is 26.3 Å². The molecule has 2 N–H and O–H groups in total.